The van der Waals surface area contributed by atoms with E-state index in [1.165, 1.54) is 0 Å². The van der Waals surface area contributed by atoms with Gasteiger partial charge in [-0.2, -0.15) is 5.10 Å². The maximum absolute atomic E-state index is 12.8. The van der Waals surface area contributed by atoms with E-state index in [1.807, 2.05) is 66.5 Å². The highest BCUT2D eigenvalue weighted by Gasteiger charge is 2.21. The molecule has 9 nitrogen and oxygen atoms in total. The number of hydrogen-bond acceptors (Lipinski definition) is 5. The van der Waals surface area contributed by atoms with Crippen molar-refractivity contribution < 1.29 is 9.53 Å². The molecular weight excluding hydrogens is 394 g/mol. The molecule has 0 spiro atoms. The van der Waals surface area contributed by atoms with Crippen LogP contribution in [0.3, 0.4) is 0 Å². The molecule has 3 heterocycles. The Hall–Kier alpha value is -4.14. The van der Waals surface area contributed by atoms with E-state index in [0.29, 0.717) is 23.9 Å². The number of methoxy groups -OCH3 is 1. The molecule has 1 aromatic carbocycles. The third-order valence-corrected chi connectivity index (χ3v) is 4.85. The van der Waals surface area contributed by atoms with Gasteiger partial charge in [-0.1, -0.05) is 18.2 Å². The number of ether oxygens (including phenoxy) is 1. The van der Waals surface area contributed by atoms with Crippen LogP contribution in [0.4, 0.5) is 4.79 Å². The lowest BCUT2D eigenvalue weighted by molar-refractivity contribution is 0.237. The summed E-state index contributed by atoms with van der Waals surface area (Å²) in [6, 6.07) is 12.3. The van der Waals surface area contributed by atoms with E-state index in [2.05, 4.69) is 25.7 Å². The lowest BCUT2D eigenvalue weighted by atomic mass is 10.1. The standard InChI is InChI=1S/C22H23N7O2/c1-28-13-11-24-21(28)19(16-6-3-8-18(14-16)31-2)27-22(30)25-15-17-7-4-9-23-20(17)29-12-5-10-26-29/h3-14,19H,15H2,1-2H3,(H2,25,27,30). The zero-order valence-corrected chi connectivity index (χ0v) is 17.3. The van der Waals surface area contributed by atoms with Crippen LogP contribution >= 0.6 is 0 Å². The molecule has 4 aromatic rings. The van der Waals surface area contributed by atoms with Crippen molar-refractivity contribution >= 4 is 6.03 Å². The zero-order chi connectivity index (χ0) is 21.6. The molecule has 0 aliphatic rings. The second-order valence-electron chi connectivity index (χ2n) is 6.87. The summed E-state index contributed by atoms with van der Waals surface area (Å²) in [7, 11) is 3.50. The molecule has 31 heavy (non-hydrogen) atoms. The van der Waals surface area contributed by atoms with Gasteiger partial charge >= 0.3 is 6.03 Å². The maximum Gasteiger partial charge on any atom is 0.315 e. The summed E-state index contributed by atoms with van der Waals surface area (Å²) >= 11 is 0. The first-order chi connectivity index (χ1) is 15.2. The fourth-order valence-corrected chi connectivity index (χ4v) is 3.30. The minimum absolute atomic E-state index is 0.292. The van der Waals surface area contributed by atoms with E-state index in [9.17, 15) is 4.79 Å². The Morgan fingerprint density at radius 2 is 2.00 bits per heavy atom. The molecule has 2 N–H and O–H groups in total. The number of rotatable bonds is 7. The largest absolute Gasteiger partial charge is 0.497 e. The Morgan fingerprint density at radius 3 is 2.74 bits per heavy atom. The number of amides is 2. The normalized spacial score (nSPS) is 11.7. The highest BCUT2D eigenvalue weighted by Crippen LogP contribution is 2.24. The summed E-state index contributed by atoms with van der Waals surface area (Å²) in [6.07, 6.45) is 8.73. The quantitative estimate of drug-likeness (QED) is 0.482. The maximum atomic E-state index is 12.8. The summed E-state index contributed by atoms with van der Waals surface area (Å²) in [5, 5.41) is 10.2. The molecule has 1 atom stereocenters. The molecule has 0 aliphatic carbocycles. The van der Waals surface area contributed by atoms with Crippen molar-refractivity contribution in [2.24, 2.45) is 7.05 Å². The number of benzene rings is 1. The number of carbonyl (C=O) groups is 1. The van der Waals surface area contributed by atoms with Gasteiger partial charge in [-0.25, -0.2) is 19.4 Å². The van der Waals surface area contributed by atoms with Crippen molar-refractivity contribution in [3.05, 3.63) is 90.4 Å². The fraction of sp³-hybridized carbons (Fsp3) is 0.182. The van der Waals surface area contributed by atoms with Crippen LogP contribution in [0.2, 0.25) is 0 Å². The Kier molecular flexibility index (Phi) is 5.93. The lowest BCUT2D eigenvalue weighted by Crippen LogP contribution is -2.39. The van der Waals surface area contributed by atoms with Gasteiger partial charge in [-0.3, -0.25) is 0 Å². The number of aromatic nitrogens is 5. The van der Waals surface area contributed by atoms with Crippen LogP contribution < -0.4 is 15.4 Å². The van der Waals surface area contributed by atoms with Gasteiger partial charge in [-0.05, 0) is 29.8 Å². The Labute approximate surface area is 179 Å². The van der Waals surface area contributed by atoms with Crippen LogP contribution in [0.5, 0.6) is 5.75 Å². The average molecular weight is 417 g/mol. The molecule has 2 amide bonds. The molecule has 9 heteroatoms. The van der Waals surface area contributed by atoms with E-state index >= 15 is 0 Å². The fourth-order valence-electron chi connectivity index (χ4n) is 3.30. The van der Waals surface area contributed by atoms with E-state index in [0.717, 1.165) is 11.1 Å². The van der Waals surface area contributed by atoms with Gasteiger partial charge in [0.05, 0.1) is 7.11 Å². The molecule has 1 unspecified atom stereocenters. The summed E-state index contributed by atoms with van der Waals surface area (Å²) in [5.41, 5.74) is 1.71. The second kappa shape index (κ2) is 9.12. The topological polar surface area (TPSA) is 98.9 Å². The highest BCUT2D eigenvalue weighted by molar-refractivity contribution is 5.75. The number of imidazole rings is 1. The highest BCUT2D eigenvalue weighted by atomic mass is 16.5. The van der Waals surface area contributed by atoms with Crippen LogP contribution in [0.25, 0.3) is 5.82 Å². The molecule has 0 saturated heterocycles. The number of urea groups is 1. The van der Waals surface area contributed by atoms with Crippen LogP contribution in [-0.4, -0.2) is 37.5 Å². The van der Waals surface area contributed by atoms with Crippen molar-refractivity contribution in [3.8, 4) is 11.6 Å². The third-order valence-electron chi connectivity index (χ3n) is 4.85. The van der Waals surface area contributed by atoms with Gasteiger partial charge in [0, 0.05) is 50.1 Å². The lowest BCUT2D eigenvalue weighted by Gasteiger charge is -2.20. The Bertz CT molecular complexity index is 1150. The number of aryl methyl sites for hydroxylation is 1. The van der Waals surface area contributed by atoms with Gasteiger partial charge in [0.1, 0.15) is 17.6 Å². The molecule has 0 fully saturated rings. The molecule has 0 bridgehead atoms. The monoisotopic (exact) mass is 417 g/mol. The van der Waals surface area contributed by atoms with Crippen LogP contribution in [0.15, 0.2) is 73.4 Å². The van der Waals surface area contributed by atoms with Gasteiger partial charge in [-0.15, -0.1) is 0 Å². The smallest absolute Gasteiger partial charge is 0.315 e. The predicted molar refractivity (Wildman–Crippen MR) is 115 cm³/mol. The third kappa shape index (κ3) is 4.55. The summed E-state index contributed by atoms with van der Waals surface area (Å²) in [6.45, 7) is 0.292. The Balaban J connectivity index is 1.52. The molecule has 0 saturated carbocycles. The van der Waals surface area contributed by atoms with Crippen LogP contribution in [0, 0.1) is 0 Å². The van der Waals surface area contributed by atoms with E-state index in [1.54, 1.807) is 30.4 Å². The van der Waals surface area contributed by atoms with Crippen molar-refractivity contribution in [1.29, 1.82) is 0 Å². The number of pyridine rings is 1. The number of nitrogens with zero attached hydrogens (tertiary/aromatic N) is 5. The Morgan fingerprint density at radius 1 is 1.10 bits per heavy atom. The van der Waals surface area contributed by atoms with Gasteiger partial charge < -0.3 is 19.9 Å². The molecule has 4 rings (SSSR count). The van der Waals surface area contributed by atoms with Gasteiger partial charge in [0.15, 0.2) is 5.82 Å². The summed E-state index contributed by atoms with van der Waals surface area (Å²) < 4.78 is 8.89. The first-order valence-electron chi connectivity index (χ1n) is 9.75. The van der Waals surface area contributed by atoms with Crippen molar-refractivity contribution in [1.82, 2.24) is 34.9 Å². The van der Waals surface area contributed by atoms with Gasteiger partial charge in [0.25, 0.3) is 0 Å². The molecule has 0 aliphatic heterocycles. The molecule has 158 valence electrons. The SMILES string of the molecule is COc1cccc(C(NC(=O)NCc2cccnc2-n2cccn2)c2nccn2C)c1. The van der Waals surface area contributed by atoms with Crippen molar-refractivity contribution in [2.45, 2.75) is 12.6 Å². The minimum Gasteiger partial charge on any atom is -0.497 e. The number of hydrogen-bond donors (Lipinski definition) is 2. The first kappa shape index (κ1) is 20.1. The van der Waals surface area contributed by atoms with Crippen LogP contribution in [-0.2, 0) is 13.6 Å². The minimum atomic E-state index is -0.449. The van der Waals surface area contributed by atoms with E-state index in [4.69, 9.17) is 4.74 Å². The first-order valence-corrected chi connectivity index (χ1v) is 9.75. The zero-order valence-electron chi connectivity index (χ0n) is 17.3. The van der Waals surface area contributed by atoms with Crippen molar-refractivity contribution in [3.63, 3.8) is 0 Å². The molecule has 0 radical (unpaired) electrons. The average Bonchev–Trinajstić information content (AvgIpc) is 3.48. The predicted octanol–water partition coefficient (Wildman–Crippen LogP) is 2.60. The molecular formula is C22H23N7O2. The van der Waals surface area contributed by atoms with E-state index < -0.39 is 6.04 Å². The number of carbonyl (C=O) groups excluding carboxylic acids is 1. The van der Waals surface area contributed by atoms with Crippen LogP contribution in [0.1, 0.15) is 23.0 Å². The van der Waals surface area contributed by atoms with Gasteiger partial charge in [0.2, 0.25) is 0 Å². The molecule has 3 aromatic heterocycles. The summed E-state index contributed by atoms with van der Waals surface area (Å²) in [5.74, 6) is 2.08. The second-order valence-corrected chi connectivity index (χ2v) is 6.87. The van der Waals surface area contributed by atoms with Crippen molar-refractivity contribution in [2.75, 3.05) is 7.11 Å². The summed E-state index contributed by atoms with van der Waals surface area (Å²) in [4.78, 5) is 21.6. The number of nitrogens with one attached hydrogen (secondary N) is 2. The van der Waals surface area contributed by atoms with E-state index in [-0.39, 0.29) is 6.03 Å².